The van der Waals surface area contributed by atoms with Crippen LogP contribution in [0, 0.1) is 0 Å². The van der Waals surface area contributed by atoms with E-state index in [0.29, 0.717) is 28.8 Å². The number of hydrazone groups is 1. The molecule has 0 spiro atoms. The van der Waals surface area contributed by atoms with E-state index in [1.165, 1.54) is 33.5 Å². The van der Waals surface area contributed by atoms with Crippen molar-refractivity contribution < 1.29 is 23.7 Å². The molecule has 0 saturated heterocycles. The second kappa shape index (κ2) is 9.92. The lowest BCUT2D eigenvalue weighted by Gasteiger charge is -2.13. The van der Waals surface area contributed by atoms with Crippen molar-refractivity contribution in [1.82, 2.24) is 4.98 Å². The van der Waals surface area contributed by atoms with Crippen molar-refractivity contribution >= 4 is 18.0 Å². The topological polar surface area (TPSA) is 91.3 Å². The molecule has 0 atom stereocenters. The van der Waals surface area contributed by atoms with Gasteiger partial charge in [-0.2, -0.15) is 5.10 Å². The number of methoxy groups -OCH3 is 3. The largest absolute Gasteiger partial charge is 0.493 e. The molecule has 1 aromatic heterocycles. The molecule has 0 amide bonds. The Bertz CT molecular complexity index is 996. The molecule has 0 radical (unpaired) electrons. The Kier molecular flexibility index (Phi) is 6.83. The van der Waals surface area contributed by atoms with Gasteiger partial charge in [-0.25, -0.2) is 9.78 Å². The molecular formula is C22H21N3O5. The predicted molar refractivity (Wildman–Crippen MR) is 113 cm³/mol. The van der Waals surface area contributed by atoms with Gasteiger partial charge in [-0.05, 0) is 54.1 Å². The molecule has 0 aliphatic rings. The molecule has 3 aromatic rings. The fourth-order valence-electron chi connectivity index (χ4n) is 2.59. The number of benzene rings is 2. The average Bonchev–Trinajstić information content (AvgIpc) is 2.79. The van der Waals surface area contributed by atoms with Crippen LogP contribution in [0.5, 0.6) is 23.0 Å². The Hall–Kier alpha value is -4.07. The van der Waals surface area contributed by atoms with Crippen LogP contribution in [0.15, 0.2) is 65.9 Å². The van der Waals surface area contributed by atoms with Gasteiger partial charge in [0.25, 0.3) is 0 Å². The Labute approximate surface area is 174 Å². The molecule has 1 N–H and O–H groups in total. The quantitative estimate of drug-likeness (QED) is 0.263. The number of esters is 1. The third-order valence-corrected chi connectivity index (χ3v) is 4.05. The number of nitrogens with zero attached hydrogens (tertiary/aromatic N) is 2. The lowest BCUT2D eigenvalue weighted by atomic mass is 10.2. The van der Waals surface area contributed by atoms with Gasteiger partial charge in [0.15, 0.2) is 11.5 Å². The van der Waals surface area contributed by atoms with E-state index in [1.54, 1.807) is 36.7 Å². The molecule has 8 nitrogen and oxygen atoms in total. The predicted octanol–water partition coefficient (Wildman–Crippen LogP) is 3.77. The van der Waals surface area contributed by atoms with Crippen molar-refractivity contribution in [3.05, 3.63) is 71.9 Å². The van der Waals surface area contributed by atoms with Crippen molar-refractivity contribution in [3.63, 3.8) is 0 Å². The SMILES string of the molecule is COc1cc(C(=O)Oc2ccc(/C=N/Nc3ccccn3)cc2)cc(OC)c1OC. The van der Waals surface area contributed by atoms with Crippen molar-refractivity contribution in [2.24, 2.45) is 5.10 Å². The van der Waals surface area contributed by atoms with Crippen LogP contribution in [-0.2, 0) is 0 Å². The van der Waals surface area contributed by atoms with E-state index in [4.69, 9.17) is 18.9 Å². The third-order valence-electron chi connectivity index (χ3n) is 4.05. The number of rotatable bonds is 8. The highest BCUT2D eigenvalue weighted by Crippen LogP contribution is 2.38. The summed E-state index contributed by atoms with van der Waals surface area (Å²) in [5, 5.41) is 4.12. The molecule has 0 aliphatic carbocycles. The van der Waals surface area contributed by atoms with Crippen LogP contribution in [0.4, 0.5) is 5.82 Å². The Morgan fingerprint density at radius 2 is 1.67 bits per heavy atom. The summed E-state index contributed by atoms with van der Waals surface area (Å²) in [4.78, 5) is 16.7. The number of carbonyl (C=O) groups is 1. The van der Waals surface area contributed by atoms with Crippen LogP contribution in [0.3, 0.4) is 0 Å². The number of carbonyl (C=O) groups excluding carboxylic acids is 1. The third kappa shape index (κ3) is 5.05. The summed E-state index contributed by atoms with van der Waals surface area (Å²) < 4.78 is 21.2. The minimum Gasteiger partial charge on any atom is -0.493 e. The molecule has 1 heterocycles. The number of pyridine rings is 1. The average molecular weight is 407 g/mol. The first-order chi connectivity index (χ1) is 14.6. The van der Waals surface area contributed by atoms with Crippen LogP contribution < -0.4 is 24.4 Å². The lowest BCUT2D eigenvalue weighted by molar-refractivity contribution is 0.0734. The summed E-state index contributed by atoms with van der Waals surface area (Å²) in [6.45, 7) is 0. The molecule has 0 aliphatic heterocycles. The zero-order valence-electron chi connectivity index (χ0n) is 16.8. The molecule has 0 bridgehead atoms. The molecule has 0 unspecified atom stereocenters. The molecule has 2 aromatic carbocycles. The Morgan fingerprint density at radius 1 is 0.967 bits per heavy atom. The number of hydrogen-bond acceptors (Lipinski definition) is 8. The highest BCUT2D eigenvalue weighted by molar-refractivity contribution is 5.93. The van der Waals surface area contributed by atoms with E-state index in [9.17, 15) is 4.79 Å². The van der Waals surface area contributed by atoms with Crippen molar-refractivity contribution in [2.75, 3.05) is 26.8 Å². The van der Waals surface area contributed by atoms with Crippen LogP contribution in [-0.4, -0.2) is 38.5 Å². The smallest absolute Gasteiger partial charge is 0.343 e. The van der Waals surface area contributed by atoms with Gasteiger partial charge in [0.2, 0.25) is 5.75 Å². The second-order valence-corrected chi connectivity index (χ2v) is 5.96. The molecule has 0 fully saturated rings. The van der Waals surface area contributed by atoms with Crippen molar-refractivity contribution in [3.8, 4) is 23.0 Å². The van der Waals surface area contributed by atoms with E-state index in [-0.39, 0.29) is 5.56 Å². The number of nitrogens with one attached hydrogen (secondary N) is 1. The monoisotopic (exact) mass is 407 g/mol. The molecule has 154 valence electrons. The molecule has 0 saturated carbocycles. The maximum Gasteiger partial charge on any atom is 0.343 e. The maximum absolute atomic E-state index is 12.5. The van der Waals surface area contributed by atoms with E-state index in [1.807, 2.05) is 18.2 Å². The number of hydrogen-bond donors (Lipinski definition) is 1. The van der Waals surface area contributed by atoms with Gasteiger partial charge < -0.3 is 18.9 Å². The summed E-state index contributed by atoms with van der Waals surface area (Å²) in [6, 6.07) is 15.5. The van der Waals surface area contributed by atoms with Gasteiger partial charge in [-0.15, -0.1) is 0 Å². The van der Waals surface area contributed by atoms with Gasteiger partial charge >= 0.3 is 5.97 Å². The summed E-state index contributed by atoms with van der Waals surface area (Å²) in [6.07, 6.45) is 3.31. The number of aromatic nitrogens is 1. The van der Waals surface area contributed by atoms with E-state index in [2.05, 4.69) is 15.5 Å². The Balaban J connectivity index is 1.67. The van der Waals surface area contributed by atoms with Gasteiger partial charge in [-0.1, -0.05) is 6.07 Å². The van der Waals surface area contributed by atoms with Crippen LogP contribution in [0.2, 0.25) is 0 Å². The molecule has 8 heteroatoms. The first-order valence-corrected chi connectivity index (χ1v) is 8.97. The summed E-state index contributed by atoms with van der Waals surface area (Å²) in [7, 11) is 4.46. The van der Waals surface area contributed by atoms with Gasteiger partial charge in [0.05, 0.1) is 33.1 Å². The highest BCUT2D eigenvalue weighted by atomic mass is 16.5. The minimum atomic E-state index is -0.549. The molecule has 3 rings (SSSR count). The van der Waals surface area contributed by atoms with Gasteiger partial charge in [0, 0.05) is 6.20 Å². The van der Waals surface area contributed by atoms with Gasteiger partial charge in [-0.3, -0.25) is 5.43 Å². The van der Waals surface area contributed by atoms with E-state index >= 15 is 0 Å². The number of anilines is 1. The zero-order valence-corrected chi connectivity index (χ0v) is 16.8. The highest BCUT2D eigenvalue weighted by Gasteiger charge is 2.18. The fourth-order valence-corrected chi connectivity index (χ4v) is 2.59. The molecule has 30 heavy (non-hydrogen) atoms. The van der Waals surface area contributed by atoms with E-state index in [0.717, 1.165) is 5.56 Å². The minimum absolute atomic E-state index is 0.273. The maximum atomic E-state index is 12.5. The normalized spacial score (nSPS) is 10.5. The lowest BCUT2D eigenvalue weighted by Crippen LogP contribution is -2.09. The first-order valence-electron chi connectivity index (χ1n) is 8.97. The van der Waals surface area contributed by atoms with Crippen LogP contribution >= 0.6 is 0 Å². The summed E-state index contributed by atoms with van der Waals surface area (Å²) >= 11 is 0. The fraction of sp³-hybridized carbons (Fsp3) is 0.136. The Morgan fingerprint density at radius 3 is 2.23 bits per heavy atom. The zero-order chi connectivity index (χ0) is 21.3. The van der Waals surface area contributed by atoms with E-state index < -0.39 is 5.97 Å². The summed E-state index contributed by atoms with van der Waals surface area (Å²) in [5.41, 5.74) is 3.93. The van der Waals surface area contributed by atoms with Crippen molar-refractivity contribution in [1.29, 1.82) is 0 Å². The van der Waals surface area contributed by atoms with Gasteiger partial charge in [0.1, 0.15) is 11.6 Å². The summed E-state index contributed by atoms with van der Waals surface area (Å²) in [5.74, 6) is 1.63. The van der Waals surface area contributed by atoms with Crippen LogP contribution in [0.25, 0.3) is 0 Å². The molecular weight excluding hydrogens is 386 g/mol. The first kappa shape index (κ1) is 20.7. The van der Waals surface area contributed by atoms with Crippen LogP contribution in [0.1, 0.15) is 15.9 Å². The second-order valence-electron chi connectivity index (χ2n) is 5.96. The number of ether oxygens (including phenoxy) is 4. The van der Waals surface area contributed by atoms with Crippen molar-refractivity contribution in [2.45, 2.75) is 0 Å². The standard InChI is InChI=1S/C22H21N3O5/c1-27-18-12-16(13-19(28-2)21(18)29-3)22(26)30-17-9-7-15(8-10-17)14-24-25-20-6-4-5-11-23-20/h4-14H,1-3H3,(H,23,25)/b24-14+.